The van der Waals surface area contributed by atoms with Gasteiger partial charge in [-0.05, 0) is 54.8 Å². The number of benzene rings is 3. The number of aromatic nitrogens is 1. The Morgan fingerprint density at radius 3 is 2.20 bits per heavy atom. The molecular weight excluding hydrogens is 555 g/mol. The molecule has 11 heteroatoms. The minimum Gasteiger partial charge on any atom is -0.481 e. The van der Waals surface area contributed by atoms with Crippen LogP contribution < -0.4 is 15.0 Å². The van der Waals surface area contributed by atoms with E-state index in [1.165, 1.54) is 23.5 Å². The molecule has 214 valence electrons. The van der Waals surface area contributed by atoms with Gasteiger partial charge in [0.05, 0.1) is 12.1 Å². The number of hydrogen-bond acceptors (Lipinski definition) is 6. The highest BCUT2D eigenvalue weighted by molar-refractivity contribution is 7.14. The third kappa shape index (κ3) is 8.55. The number of thiazole rings is 1. The van der Waals surface area contributed by atoms with Crippen molar-refractivity contribution in [3.05, 3.63) is 99.9 Å². The number of carbonyl (C=O) groups is 2. The first kappa shape index (κ1) is 29.6. The monoisotopic (exact) mass is 583 g/mol. The van der Waals surface area contributed by atoms with E-state index in [4.69, 9.17) is 10.1 Å². The van der Waals surface area contributed by atoms with Crippen molar-refractivity contribution < 1.29 is 32.6 Å². The van der Waals surface area contributed by atoms with Crippen LogP contribution in [0.15, 0.2) is 72.1 Å². The van der Waals surface area contributed by atoms with Gasteiger partial charge in [0.1, 0.15) is 5.75 Å². The lowest BCUT2D eigenvalue weighted by Gasteiger charge is -2.22. The summed E-state index contributed by atoms with van der Waals surface area (Å²) in [5, 5.41) is 14.0. The number of nitrogens with one attached hydrogen (secondary N) is 1. The highest BCUT2D eigenvalue weighted by Gasteiger charge is 2.31. The molecule has 0 atom stereocenters. The molecule has 0 bridgehead atoms. The summed E-state index contributed by atoms with van der Waals surface area (Å²) in [5.41, 5.74) is 6.15. The topological polar surface area (TPSA) is 91.8 Å². The molecule has 1 aromatic heterocycles. The normalized spacial score (nSPS) is 11.2. The number of carboxylic acids is 1. The molecule has 7 nitrogen and oxygen atoms in total. The van der Waals surface area contributed by atoms with Crippen LogP contribution in [0, 0.1) is 13.8 Å². The van der Waals surface area contributed by atoms with E-state index in [2.05, 4.69) is 16.1 Å². The van der Waals surface area contributed by atoms with Crippen molar-refractivity contribution in [3.63, 3.8) is 0 Å². The lowest BCUT2D eigenvalue weighted by atomic mass is 10.0. The molecule has 1 amide bonds. The van der Waals surface area contributed by atoms with Gasteiger partial charge in [0.15, 0.2) is 5.13 Å². The Labute approximate surface area is 239 Å². The summed E-state index contributed by atoms with van der Waals surface area (Å²) < 4.78 is 41.8. The average Bonchev–Trinajstić information content (AvgIpc) is 3.38. The number of halogens is 3. The molecule has 0 aliphatic carbocycles. The first-order valence-corrected chi connectivity index (χ1v) is 13.6. The van der Waals surface area contributed by atoms with Crippen molar-refractivity contribution in [2.45, 2.75) is 39.7 Å². The minimum atomic E-state index is -4.77. The SMILES string of the molecule is Cc1ccc(-c2csc(N(Cc3ccc(OC(F)(F)F)cc3)Cc3ccc(C(=O)NCCC(=O)O)cc3)n2)c(C)c1. The first-order valence-electron chi connectivity index (χ1n) is 12.7. The van der Waals surface area contributed by atoms with Crippen LogP contribution in [0.4, 0.5) is 18.3 Å². The Morgan fingerprint density at radius 2 is 1.61 bits per heavy atom. The van der Waals surface area contributed by atoms with Gasteiger partial charge in [-0.25, -0.2) is 4.98 Å². The molecule has 0 fully saturated rings. The molecule has 1 heterocycles. The van der Waals surface area contributed by atoms with Crippen LogP contribution >= 0.6 is 11.3 Å². The van der Waals surface area contributed by atoms with E-state index in [0.29, 0.717) is 18.7 Å². The molecule has 0 saturated carbocycles. The van der Waals surface area contributed by atoms with Crippen LogP contribution in [0.25, 0.3) is 11.3 Å². The van der Waals surface area contributed by atoms with E-state index in [1.54, 1.807) is 36.4 Å². The van der Waals surface area contributed by atoms with Gasteiger partial charge in [0, 0.05) is 36.1 Å². The Morgan fingerprint density at radius 1 is 0.976 bits per heavy atom. The zero-order valence-corrected chi connectivity index (χ0v) is 23.2. The maximum Gasteiger partial charge on any atom is 0.573 e. The van der Waals surface area contributed by atoms with Gasteiger partial charge in [0.25, 0.3) is 5.91 Å². The number of aryl methyl sites for hydroxylation is 2. The second kappa shape index (κ2) is 12.9. The molecule has 41 heavy (non-hydrogen) atoms. The summed E-state index contributed by atoms with van der Waals surface area (Å²) in [7, 11) is 0. The predicted molar refractivity (Wildman–Crippen MR) is 151 cm³/mol. The fraction of sp³-hybridized carbons (Fsp3) is 0.233. The molecule has 0 unspecified atom stereocenters. The molecule has 0 aliphatic rings. The second-order valence-electron chi connectivity index (χ2n) is 9.48. The molecule has 4 rings (SSSR count). The molecule has 0 aliphatic heterocycles. The van der Waals surface area contributed by atoms with E-state index in [9.17, 15) is 22.8 Å². The van der Waals surface area contributed by atoms with Crippen LogP contribution in [-0.2, 0) is 17.9 Å². The van der Waals surface area contributed by atoms with Crippen molar-refractivity contribution in [2.75, 3.05) is 11.4 Å². The highest BCUT2D eigenvalue weighted by atomic mass is 32.1. The van der Waals surface area contributed by atoms with E-state index in [1.807, 2.05) is 36.3 Å². The van der Waals surface area contributed by atoms with Gasteiger partial charge in [-0.2, -0.15) is 0 Å². The predicted octanol–water partition coefficient (Wildman–Crippen LogP) is 6.74. The van der Waals surface area contributed by atoms with Crippen molar-refractivity contribution in [1.29, 1.82) is 0 Å². The van der Waals surface area contributed by atoms with Crippen molar-refractivity contribution in [1.82, 2.24) is 10.3 Å². The number of rotatable bonds is 11. The third-order valence-electron chi connectivity index (χ3n) is 6.16. The van der Waals surface area contributed by atoms with Crippen molar-refractivity contribution >= 4 is 28.3 Å². The number of nitrogens with zero attached hydrogens (tertiary/aromatic N) is 2. The number of carbonyl (C=O) groups excluding carboxylic acids is 1. The minimum absolute atomic E-state index is 0.0311. The lowest BCUT2D eigenvalue weighted by molar-refractivity contribution is -0.274. The summed E-state index contributed by atoms with van der Waals surface area (Å²) in [5.74, 6) is -1.66. The van der Waals surface area contributed by atoms with Gasteiger partial charge in [-0.15, -0.1) is 24.5 Å². The van der Waals surface area contributed by atoms with Crippen LogP contribution in [0.3, 0.4) is 0 Å². The van der Waals surface area contributed by atoms with Gasteiger partial charge in [-0.3, -0.25) is 9.59 Å². The van der Waals surface area contributed by atoms with Gasteiger partial charge in [0.2, 0.25) is 0 Å². The molecule has 0 spiro atoms. The summed E-state index contributed by atoms with van der Waals surface area (Å²) in [4.78, 5) is 29.9. The van der Waals surface area contributed by atoms with E-state index < -0.39 is 12.3 Å². The number of hydrogen-bond donors (Lipinski definition) is 2. The molecule has 2 N–H and O–H groups in total. The van der Waals surface area contributed by atoms with Crippen LogP contribution in [0.2, 0.25) is 0 Å². The molecular formula is C30H28F3N3O4S. The van der Waals surface area contributed by atoms with Crippen molar-refractivity contribution in [3.8, 4) is 17.0 Å². The summed E-state index contributed by atoms with van der Waals surface area (Å²) in [6, 6.07) is 18.8. The lowest BCUT2D eigenvalue weighted by Crippen LogP contribution is -2.26. The number of aliphatic carboxylic acids is 1. The fourth-order valence-corrected chi connectivity index (χ4v) is 5.04. The zero-order valence-electron chi connectivity index (χ0n) is 22.4. The average molecular weight is 584 g/mol. The standard InChI is InChI=1S/C30H28F3N3O4S/c1-19-3-12-25(20(2)15-19)26-18-41-29(35-26)36(17-22-6-10-24(11-7-22)40-30(31,32)33)16-21-4-8-23(9-5-21)28(39)34-14-13-27(37)38/h3-12,15,18H,13-14,16-17H2,1-2H3,(H,34,39)(H,37,38). The van der Waals surface area contributed by atoms with Crippen LogP contribution in [0.5, 0.6) is 5.75 Å². The highest BCUT2D eigenvalue weighted by Crippen LogP contribution is 2.32. The molecule has 0 radical (unpaired) electrons. The maximum atomic E-state index is 12.6. The quantitative estimate of drug-likeness (QED) is 0.203. The summed E-state index contributed by atoms with van der Waals surface area (Å²) >= 11 is 1.46. The van der Waals surface area contributed by atoms with Crippen molar-refractivity contribution in [2.24, 2.45) is 0 Å². The van der Waals surface area contributed by atoms with Gasteiger partial charge < -0.3 is 20.1 Å². The largest absolute Gasteiger partial charge is 0.573 e. The van der Waals surface area contributed by atoms with E-state index in [-0.39, 0.29) is 24.6 Å². The van der Waals surface area contributed by atoms with Crippen LogP contribution in [-0.4, -0.2) is 34.9 Å². The number of amides is 1. The number of alkyl halides is 3. The third-order valence-corrected chi connectivity index (χ3v) is 7.07. The summed E-state index contributed by atoms with van der Waals surface area (Å²) in [6.07, 6.45) is -4.93. The molecule has 4 aromatic rings. The summed E-state index contributed by atoms with van der Waals surface area (Å²) in [6.45, 7) is 4.87. The van der Waals surface area contributed by atoms with E-state index in [0.717, 1.165) is 38.6 Å². The first-order chi connectivity index (χ1) is 19.5. The Balaban J connectivity index is 1.55. The zero-order chi connectivity index (χ0) is 29.6. The second-order valence-corrected chi connectivity index (χ2v) is 10.3. The smallest absolute Gasteiger partial charge is 0.481 e. The Bertz CT molecular complexity index is 1500. The fourth-order valence-electron chi connectivity index (χ4n) is 4.21. The maximum absolute atomic E-state index is 12.6. The number of carboxylic acid groups (broad SMARTS) is 1. The van der Waals surface area contributed by atoms with Gasteiger partial charge >= 0.3 is 12.3 Å². The number of ether oxygens (including phenoxy) is 1. The molecule has 3 aromatic carbocycles. The van der Waals surface area contributed by atoms with Crippen LogP contribution in [0.1, 0.15) is 39.0 Å². The van der Waals surface area contributed by atoms with Gasteiger partial charge in [-0.1, -0.05) is 48.0 Å². The Kier molecular flexibility index (Phi) is 9.28. The number of anilines is 1. The Hall–Kier alpha value is -4.38. The van der Waals surface area contributed by atoms with E-state index >= 15 is 0 Å². The molecule has 0 saturated heterocycles.